The monoisotopic (exact) mass is 344 g/mol. The Labute approximate surface area is 146 Å². The lowest BCUT2D eigenvalue weighted by atomic mass is 10.1. The molecule has 1 N–H and O–H groups in total. The molecular formula is C19H24N2O4. The summed E-state index contributed by atoms with van der Waals surface area (Å²) in [5.41, 5.74) is -0.177. The van der Waals surface area contributed by atoms with Gasteiger partial charge in [-0.2, -0.15) is 0 Å². The van der Waals surface area contributed by atoms with Gasteiger partial charge in [0.05, 0.1) is 6.10 Å². The molecule has 0 bridgehead atoms. The number of ether oxygens (including phenoxy) is 1. The van der Waals surface area contributed by atoms with Crippen LogP contribution >= 0.6 is 0 Å². The predicted octanol–water partition coefficient (Wildman–Crippen LogP) is 2.26. The molecule has 2 heterocycles. The van der Waals surface area contributed by atoms with E-state index >= 15 is 0 Å². The molecule has 2 aromatic rings. The van der Waals surface area contributed by atoms with Crippen LogP contribution in [-0.2, 0) is 0 Å². The highest BCUT2D eigenvalue weighted by Crippen LogP contribution is 2.21. The Bertz CT molecular complexity index is 828. The molecule has 1 aliphatic rings. The van der Waals surface area contributed by atoms with E-state index < -0.39 is 5.63 Å². The molecule has 0 saturated carbocycles. The number of hydrogen-bond donors (Lipinski definition) is 1. The number of nitrogens with one attached hydrogen (secondary N) is 1. The third-order valence-electron chi connectivity index (χ3n) is 4.36. The van der Waals surface area contributed by atoms with E-state index in [9.17, 15) is 9.59 Å². The van der Waals surface area contributed by atoms with Gasteiger partial charge in [0.25, 0.3) is 5.91 Å². The van der Waals surface area contributed by atoms with Crippen molar-refractivity contribution in [2.45, 2.75) is 26.4 Å². The second-order valence-electron chi connectivity index (χ2n) is 6.94. The molecule has 1 fully saturated rings. The first-order valence-corrected chi connectivity index (χ1v) is 8.63. The SMILES string of the molecule is CC(C)Oc1ccc2cc(C(=O)NC[C@H]3CCN(C)C3)c(=O)oc2c1. The van der Waals surface area contributed by atoms with E-state index in [1.807, 2.05) is 13.8 Å². The third kappa shape index (κ3) is 4.20. The Hall–Kier alpha value is -2.34. The van der Waals surface area contributed by atoms with Gasteiger partial charge >= 0.3 is 5.63 Å². The first-order valence-electron chi connectivity index (χ1n) is 8.63. The molecule has 3 rings (SSSR count). The fourth-order valence-electron chi connectivity index (χ4n) is 3.12. The summed E-state index contributed by atoms with van der Waals surface area (Å²) >= 11 is 0. The van der Waals surface area contributed by atoms with Gasteiger partial charge in [-0.1, -0.05) is 0 Å². The first kappa shape index (κ1) is 17.5. The topological polar surface area (TPSA) is 71.8 Å². The van der Waals surface area contributed by atoms with Crippen molar-refractivity contribution in [3.63, 3.8) is 0 Å². The minimum Gasteiger partial charge on any atom is -0.491 e. The van der Waals surface area contributed by atoms with E-state index in [0.29, 0.717) is 29.2 Å². The lowest BCUT2D eigenvalue weighted by Gasteiger charge is -2.12. The Kier molecular flexibility index (Phi) is 5.08. The standard InChI is InChI=1S/C19H24N2O4/c1-12(2)24-15-5-4-14-8-16(19(23)25-17(14)9-15)18(22)20-10-13-6-7-21(3)11-13/h4-5,8-9,12-13H,6-7,10-11H2,1-3H3,(H,20,22)/t13-/m1/s1. The summed E-state index contributed by atoms with van der Waals surface area (Å²) in [4.78, 5) is 26.8. The second-order valence-corrected chi connectivity index (χ2v) is 6.94. The highest BCUT2D eigenvalue weighted by molar-refractivity contribution is 5.96. The molecule has 1 aliphatic heterocycles. The van der Waals surface area contributed by atoms with Gasteiger partial charge in [-0.05, 0) is 58.0 Å². The Morgan fingerprint density at radius 1 is 1.40 bits per heavy atom. The van der Waals surface area contributed by atoms with Crippen molar-refractivity contribution in [3.8, 4) is 5.75 Å². The number of fused-ring (bicyclic) bond motifs is 1. The predicted molar refractivity (Wildman–Crippen MR) is 96.2 cm³/mol. The molecule has 25 heavy (non-hydrogen) atoms. The summed E-state index contributed by atoms with van der Waals surface area (Å²) in [6.07, 6.45) is 1.09. The van der Waals surface area contributed by atoms with Crippen LogP contribution in [0.5, 0.6) is 5.75 Å². The average molecular weight is 344 g/mol. The summed E-state index contributed by atoms with van der Waals surface area (Å²) < 4.78 is 10.9. The molecule has 6 nitrogen and oxygen atoms in total. The van der Waals surface area contributed by atoms with Crippen LogP contribution in [0.3, 0.4) is 0 Å². The van der Waals surface area contributed by atoms with Crippen molar-refractivity contribution >= 4 is 16.9 Å². The van der Waals surface area contributed by atoms with Gasteiger partial charge in [-0.25, -0.2) is 4.79 Å². The number of likely N-dealkylation sites (tertiary alicyclic amines) is 1. The van der Waals surface area contributed by atoms with Crippen LogP contribution < -0.4 is 15.7 Å². The van der Waals surface area contributed by atoms with Crippen LogP contribution in [0, 0.1) is 5.92 Å². The molecule has 134 valence electrons. The van der Waals surface area contributed by atoms with Crippen LogP contribution in [0.15, 0.2) is 33.5 Å². The van der Waals surface area contributed by atoms with E-state index in [0.717, 1.165) is 19.5 Å². The molecule has 6 heteroatoms. The fraction of sp³-hybridized carbons (Fsp3) is 0.474. The van der Waals surface area contributed by atoms with Crippen molar-refractivity contribution in [1.82, 2.24) is 10.2 Å². The van der Waals surface area contributed by atoms with Gasteiger partial charge in [0, 0.05) is 24.5 Å². The molecular weight excluding hydrogens is 320 g/mol. The van der Waals surface area contributed by atoms with Crippen LogP contribution in [0.4, 0.5) is 0 Å². The highest BCUT2D eigenvalue weighted by Gasteiger charge is 2.21. The van der Waals surface area contributed by atoms with Crippen molar-refractivity contribution in [2.24, 2.45) is 5.92 Å². The zero-order valence-electron chi connectivity index (χ0n) is 14.9. The molecule has 1 aromatic heterocycles. The van der Waals surface area contributed by atoms with E-state index in [1.165, 1.54) is 0 Å². The Balaban J connectivity index is 1.76. The van der Waals surface area contributed by atoms with Crippen LogP contribution in [0.1, 0.15) is 30.6 Å². The largest absolute Gasteiger partial charge is 0.491 e. The van der Waals surface area contributed by atoms with Crippen LogP contribution in [0.25, 0.3) is 11.0 Å². The van der Waals surface area contributed by atoms with Gasteiger partial charge in [-0.15, -0.1) is 0 Å². The number of nitrogens with zero attached hydrogens (tertiary/aromatic N) is 1. The second kappa shape index (κ2) is 7.27. The average Bonchev–Trinajstić information content (AvgIpc) is 2.97. The lowest BCUT2D eigenvalue weighted by molar-refractivity contribution is 0.0944. The summed E-state index contributed by atoms with van der Waals surface area (Å²) in [6.45, 7) is 6.43. The summed E-state index contributed by atoms with van der Waals surface area (Å²) in [7, 11) is 2.07. The van der Waals surface area contributed by atoms with Gasteiger partial charge in [0.15, 0.2) is 0 Å². The smallest absolute Gasteiger partial charge is 0.349 e. The number of carbonyl (C=O) groups excluding carboxylic acids is 1. The number of rotatable bonds is 5. The summed E-state index contributed by atoms with van der Waals surface area (Å²) in [6, 6.07) is 6.85. The molecule has 1 saturated heterocycles. The van der Waals surface area contributed by atoms with Gasteiger partial charge < -0.3 is 19.4 Å². The molecule has 1 amide bonds. The number of amides is 1. The van der Waals surface area contributed by atoms with Crippen LogP contribution in [0.2, 0.25) is 0 Å². The van der Waals surface area contributed by atoms with Gasteiger partial charge in [0.2, 0.25) is 0 Å². The maximum atomic E-state index is 12.4. The van der Waals surface area contributed by atoms with Crippen molar-refractivity contribution < 1.29 is 13.9 Å². The minimum atomic E-state index is -0.629. The molecule has 1 atom stereocenters. The zero-order valence-corrected chi connectivity index (χ0v) is 14.9. The Morgan fingerprint density at radius 3 is 2.88 bits per heavy atom. The zero-order chi connectivity index (χ0) is 18.0. The molecule has 0 unspecified atom stereocenters. The quantitative estimate of drug-likeness (QED) is 0.843. The van der Waals surface area contributed by atoms with Gasteiger partial charge in [0.1, 0.15) is 16.9 Å². The van der Waals surface area contributed by atoms with Crippen molar-refractivity contribution in [2.75, 3.05) is 26.7 Å². The lowest BCUT2D eigenvalue weighted by Crippen LogP contribution is -2.33. The van der Waals surface area contributed by atoms with E-state index in [-0.39, 0.29) is 17.6 Å². The van der Waals surface area contributed by atoms with Gasteiger partial charge in [-0.3, -0.25) is 4.79 Å². The normalized spacial score (nSPS) is 18.0. The summed E-state index contributed by atoms with van der Waals surface area (Å²) in [5, 5.41) is 3.55. The highest BCUT2D eigenvalue weighted by atomic mass is 16.5. The maximum Gasteiger partial charge on any atom is 0.349 e. The first-order chi connectivity index (χ1) is 11.9. The molecule has 1 aromatic carbocycles. The maximum absolute atomic E-state index is 12.4. The van der Waals surface area contributed by atoms with Crippen LogP contribution in [-0.4, -0.2) is 43.6 Å². The van der Waals surface area contributed by atoms with Crippen molar-refractivity contribution in [3.05, 3.63) is 40.2 Å². The Morgan fingerprint density at radius 2 is 2.20 bits per heavy atom. The van der Waals surface area contributed by atoms with E-state index in [2.05, 4.69) is 17.3 Å². The molecule has 0 aliphatic carbocycles. The molecule has 0 spiro atoms. The number of carbonyl (C=O) groups is 1. The fourth-order valence-corrected chi connectivity index (χ4v) is 3.12. The number of hydrogen-bond acceptors (Lipinski definition) is 5. The molecule has 0 radical (unpaired) electrons. The minimum absolute atomic E-state index is 0.0313. The third-order valence-corrected chi connectivity index (χ3v) is 4.36. The number of benzene rings is 1. The summed E-state index contributed by atoms with van der Waals surface area (Å²) in [5.74, 6) is 0.679. The van der Waals surface area contributed by atoms with E-state index in [1.54, 1.807) is 24.3 Å². The van der Waals surface area contributed by atoms with Crippen molar-refractivity contribution in [1.29, 1.82) is 0 Å². The van der Waals surface area contributed by atoms with E-state index in [4.69, 9.17) is 9.15 Å².